The minimum absolute atomic E-state index is 0.0391. The van der Waals surface area contributed by atoms with Crippen molar-refractivity contribution >= 4 is 34.0 Å². The molecule has 2 fully saturated rings. The molecule has 0 unspecified atom stereocenters. The topological polar surface area (TPSA) is 66.0 Å². The summed E-state index contributed by atoms with van der Waals surface area (Å²) < 4.78 is 5.11. The highest BCUT2D eigenvalue weighted by atomic mass is 32.1. The quantitative estimate of drug-likeness (QED) is 0.683. The number of ether oxygens (including phenoxy) is 1. The monoisotopic (exact) mass is 428 g/mol. The first-order chi connectivity index (χ1) is 14.7. The van der Waals surface area contributed by atoms with Crippen molar-refractivity contribution in [1.29, 1.82) is 0 Å². The van der Waals surface area contributed by atoms with Crippen LogP contribution in [0.1, 0.15) is 30.3 Å². The Kier molecular flexibility index (Phi) is 6.52. The van der Waals surface area contributed by atoms with Gasteiger partial charge < -0.3 is 19.4 Å². The van der Waals surface area contributed by atoms with Crippen LogP contribution in [0.5, 0.6) is 0 Å². The van der Waals surface area contributed by atoms with Gasteiger partial charge in [0.05, 0.1) is 12.5 Å². The Labute approximate surface area is 181 Å². The van der Waals surface area contributed by atoms with E-state index in [4.69, 9.17) is 4.74 Å². The van der Waals surface area contributed by atoms with Gasteiger partial charge >= 0.3 is 5.97 Å². The standard InChI is InChI=1S/C22H28N4O3S/c1-2-29-21(28)17-8-10-25(11-9-17)20(27)19-16-30-22(23-19)26-14-12-24(13-15-26)18-6-4-3-5-7-18/h3-7,16-17H,2,8-15H2,1H3. The largest absolute Gasteiger partial charge is 0.466 e. The van der Waals surface area contributed by atoms with Crippen LogP contribution in [0.4, 0.5) is 10.8 Å². The van der Waals surface area contributed by atoms with Crippen LogP contribution in [0.3, 0.4) is 0 Å². The second-order valence-corrected chi connectivity index (χ2v) is 8.48. The minimum atomic E-state index is -0.143. The van der Waals surface area contributed by atoms with Crippen LogP contribution in [0.2, 0.25) is 0 Å². The number of piperazine rings is 1. The maximum Gasteiger partial charge on any atom is 0.309 e. The molecule has 160 valence electrons. The number of anilines is 2. The van der Waals surface area contributed by atoms with Gasteiger partial charge in [-0.05, 0) is 31.9 Å². The predicted octanol–water partition coefficient (Wildman–Crippen LogP) is 2.89. The highest BCUT2D eigenvalue weighted by Crippen LogP contribution is 2.26. The Balaban J connectivity index is 1.30. The second-order valence-electron chi connectivity index (χ2n) is 7.64. The van der Waals surface area contributed by atoms with Gasteiger partial charge in [-0.1, -0.05) is 18.2 Å². The molecule has 2 saturated heterocycles. The lowest BCUT2D eigenvalue weighted by molar-refractivity contribution is -0.149. The molecule has 3 heterocycles. The van der Waals surface area contributed by atoms with Crippen LogP contribution in [-0.4, -0.2) is 67.6 Å². The Bertz CT molecular complexity index is 856. The zero-order valence-corrected chi connectivity index (χ0v) is 18.1. The van der Waals surface area contributed by atoms with Gasteiger partial charge in [-0.15, -0.1) is 11.3 Å². The Morgan fingerprint density at radius 1 is 1.03 bits per heavy atom. The van der Waals surface area contributed by atoms with Gasteiger partial charge in [-0.3, -0.25) is 9.59 Å². The number of piperidine rings is 1. The molecule has 7 nitrogen and oxygen atoms in total. The maximum absolute atomic E-state index is 12.9. The molecule has 2 aliphatic heterocycles. The number of nitrogens with zero attached hydrogens (tertiary/aromatic N) is 4. The fourth-order valence-electron chi connectivity index (χ4n) is 4.04. The first kappa shape index (κ1) is 20.7. The van der Waals surface area contributed by atoms with Crippen molar-refractivity contribution in [2.45, 2.75) is 19.8 Å². The zero-order valence-electron chi connectivity index (χ0n) is 17.3. The number of benzene rings is 1. The fraction of sp³-hybridized carbons (Fsp3) is 0.500. The summed E-state index contributed by atoms with van der Waals surface area (Å²) >= 11 is 1.53. The number of esters is 1. The van der Waals surface area contributed by atoms with E-state index >= 15 is 0 Å². The SMILES string of the molecule is CCOC(=O)C1CCN(C(=O)c2csc(N3CCN(c4ccccc4)CC3)n2)CC1. The number of hydrogen-bond donors (Lipinski definition) is 0. The number of hydrogen-bond acceptors (Lipinski definition) is 7. The van der Waals surface area contributed by atoms with E-state index in [2.05, 4.69) is 39.0 Å². The van der Waals surface area contributed by atoms with Gasteiger partial charge in [0, 0.05) is 50.3 Å². The third-order valence-corrected chi connectivity index (χ3v) is 6.69. The maximum atomic E-state index is 12.9. The van der Waals surface area contributed by atoms with Crippen LogP contribution in [0.25, 0.3) is 0 Å². The molecule has 0 atom stereocenters. The lowest BCUT2D eigenvalue weighted by Gasteiger charge is -2.36. The molecule has 0 aliphatic carbocycles. The second kappa shape index (κ2) is 9.47. The van der Waals surface area contributed by atoms with Crippen LogP contribution in [0.15, 0.2) is 35.7 Å². The van der Waals surface area contributed by atoms with Crippen LogP contribution in [-0.2, 0) is 9.53 Å². The fourth-order valence-corrected chi connectivity index (χ4v) is 4.90. The average molecular weight is 429 g/mol. The summed E-state index contributed by atoms with van der Waals surface area (Å²) in [6, 6.07) is 10.4. The number of para-hydroxylation sites is 1. The molecule has 30 heavy (non-hydrogen) atoms. The van der Waals surface area contributed by atoms with E-state index in [0.29, 0.717) is 38.2 Å². The van der Waals surface area contributed by atoms with Gasteiger partial charge in [-0.2, -0.15) is 0 Å². The van der Waals surface area contributed by atoms with Gasteiger partial charge in [0.15, 0.2) is 5.13 Å². The highest BCUT2D eigenvalue weighted by molar-refractivity contribution is 7.13. The lowest BCUT2D eigenvalue weighted by atomic mass is 9.97. The van der Waals surface area contributed by atoms with Crippen molar-refractivity contribution in [1.82, 2.24) is 9.88 Å². The van der Waals surface area contributed by atoms with E-state index in [1.165, 1.54) is 17.0 Å². The molecule has 0 radical (unpaired) electrons. The van der Waals surface area contributed by atoms with Gasteiger partial charge in [0.2, 0.25) is 0 Å². The van der Waals surface area contributed by atoms with E-state index in [0.717, 1.165) is 31.3 Å². The number of carbonyl (C=O) groups is 2. The molecular formula is C22H28N4O3S. The molecule has 0 N–H and O–H groups in total. The van der Waals surface area contributed by atoms with Crippen LogP contribution >= 0.6 is 11.3 Å². The molecule has 0 saturated carbocycles. The van der Waals surface area contributed by atoms with Crippen molar-refractivity contribution in [3.8, 4) is 0 Å². The normalized spacial score (nSPS) is 17.8. The van der Waals surface area contributed by atoms with Crippen molar-refractivity contribution in [3.05, 3.63) is 41.4 Å². The minimum Gasteiger partial charge on any atom is -0.466 e. The number of thiazole rings is 1. The molecular weight excluding hydrogens is 400 g/mol. The van der Waals surface area contributed by atoms with Crippen LogP contribution in [0, 0.1) is 5.92 Å². The molecule has 8 heteroatoms. The summed E-state index contributed by atoms with van der Waals surface area (Å²) in [5.74, 6) is -0.279. The molecule has 1 aromatic heterocycles. The molecule has 1 amide bonds. The molecule has 0 spiro atoms. The van der Waals surface area contributed by atoms with Gasteiger partial charge in [0.25, 0.3) is 5.91 Å². The number of likely N-dealkylation sites (tertiary alicyclic amines) is 1. The van der Waals surface area contributed by atoms with E-state index in [1.54, 1.807) is 0 Å². The number of carbonyl (C=O) groups excluding carboxylic acids is 2. The van der Waals surface area contributed by atoms with Crippen molar-refractivity contribution in [3.63, 3.8) is 0 Å². The smallest absolute Gasteiger partial charge is 0.309 e. The summed E-state index contributed by atoms with van der Waals surface area (Å²) in [7, 11) is 0. The van der Waals surface area contributed by atoms with E-state index in [-0.39, 0.29) is 17.8 Å². The van der Waals surface area contributed by atoms with E-state index < -0.39 is 0 Å². The Morgan fingerprint density at radius 3 is 2.37 bits per heavy atom. The Hall–Kier alpha value is -2.61. The van der Waals surface area contributed by atoms with E-state index in [9.17, 15) is 9.59 Å². The first-order valence-corrected chi connectivity index (χ1v) is 11.5. The number of amides is 1. The summed E-state index contributed by atoms with van der Waals surface area (Å²) in [5.41, 5.74) is 1.76. The van der Waals surface area contributed by atoms with Crippen molar-refractivity contribution in [2.24, 2.45) is 5.92 Å². The molecule has 2 aliphatic rings. The summed E-state index contributed by atoms with van der Waals surface area (Å²) in [6.45, 7) is 7.03. The molecule has 4 rings (SSSR count). The number of aromatic nitrogens is 1. The Morgan fingerprint density at radius 2 is 1.70 bits per heavy atom. The zero-order chi connectivity index (χ0) is 20.9. The summed E-state index contributed by atoms with van der Waals surface area (Å²) in [4.78, 5) is 35.8. The van der Waals surface area contributed by atoms with Crippen LogP contribution < -0.4 is 9.80 Å². The van der Waals surface area contributed by atoms with E-state index in [1.807, 2.05) is 23.3 Å². The van der Waals surface area contributed by atoms with Crippen molar-refractivity contribution < 1.29 is 14.3 Å². The third-order valence-electron chi connectivity index (χ3n) is 5.78. The first-order valence-electron chi connectivity index (χ1n) is 10.6. The average Bonchev–Trinajstić information content (AvgIpc) is 3.30. The van der Waals surface area contributed by atoms with Crippen molar-refractivity contribution in [2.75, 3.05) is 55.7 Å². The van der Waals surface area contributed by atoms with Gasteiger partial charge in [-0.25, -0.2) is 4.98 Å². The predicted molar refractivity (Wildman–Crippen MR) is 118 cm³/mol. The molecule has 0 bridgehead atoms. The van der Waals surface area contributed by atoms with Gasteiger partial charge in [0.1, 0.15) is 5.69 Å². The number of rotatable bonds is 5. The lowest BCUT2D eigenvalue weighted by Crippen LogP contribution is -2.46. The highest BCUT2D eigenvalue weighted by Gasteiger charge is 2.30. The molecule has 2 aromatic rings. The third kappa shape index (κ3) is 4.59. The summed E-state index contributed by atoms with van der Waals surface area (Å²) in [6.07, 6.45) is 1.31. The summed E-state index contributed by atoms with van der Waals surface area (Å²) in [5, 5.41) is 2.77. The molecule has 1 aromatic carbocycles.